The summed E-state index contributed by atoms with van der Waals surface area (Å²) < 4.78 is 5.73. The summed E-state index contributed by atoms with van der Waals surface area (Å²) in [5.41, 5.74) is 2.47. The van der Waals surface area contributed by atoms with E-state index in [0.29, 0.717) is 12.5 Å². The molecular weight excluding hydrogens is 264 g/mol. The van der Waals surface area contributed by atoms with Gasteiger partial charge in [-0.25, -0.2) is 0 Å². The monoisotopic (exact) mass is 290 g/mol. The SMILES string of the molecule is CC(C)c1ccc2c(c1)C(N1CCN(C)CC1)C(O)CO2. The molecule has 2 heterocycles. The van der Waals surface area contributed by atoms with Crippen molar-refractivity contribution in [2.45, 2.75) is 31.9 Å². The Morgan fingerprint density at radius 2 is 1.90 bits per heavy atom. The molecule has 116 valence electrons. The van der Waals surface area contributed by atoms with Crippen molar-refractivity contribution in [3.05, 3.63) is 29.3 Å². The van der Waals surface area contributed by atoms with E-state index in [1.165, 1.54) is 5.56 Å². The molecule has 3 rings (SSSR count). The number of nitrogens with zero attached hydrogens (tertiary/aromatic N) is 2. The first kappa shape index (κ1) is 14.8. The average Bonchev–Trinajstić information content (AvgIpc) is 2.48. The van der Waals surface area contributed by atoms with E-state index in [0.717, 1.165) is 37.5 Å². The molecule has 2 aliphatic rings. The van der Waals surface area contributed by atoms with Crippen LogP contribution in [0.2, 0.25) is 0 Å². The Labute approximate surface area is 127 Å². The molecule has 1 aromatic carbocycles. The molecule has 0 aliphatic carbocycles. The van der Waals surface area contributed by atoms with E-state index in [-0.39, 0.29) is 6.04 Å². The number of fused-ring (bicyclic) bond motifs is 1. The number of aliphatic hydroxyl groups is 1. The zero-order chi connectivity index (χ0) is 15.0. The summed E-state index contributed by atoms with van der Waals surface area (Å²) in [6, 6.07) is 6.51. The van der Waals surface area contributed by atoms with E-state index in [2.05, 4.69) is 48.9 Å². The van der Waals surface area contributed by atoms with Gasteiger partial charge in [0.15, 0.2) is 0 Å². The van der Waals surface area contributed by atoms with E-state index in [1.54, 1.807) is 0 Å². The van der Waals surface area contributed by atoms with Gasteiger partial charge in [0.25, 0.3) is 0 Å². The van der Waals surface area contributed by atoms with Crippen molar-refractivity contribution in [3.8, 4) is 5.75 Å². The van der Waals surface area contributed by atoms with E-state index < -0.39 is 6.10 Å². The molecule has 1 N–H and O–H groups in total. The van der Waals surface area contributed by atoms with Gasteiger partial charge < -0.3 is 14.7 Å². The van der Waals surface area contributed by atoms with Crippen LogP contribution >= 0.6 is 0 Å². The van der Waals surface area contributed by atoms with Gasteiger partial charge in [-0.05, 0) is 24.6 Å². The predicted molar refractivity (Wildman–Crippen MR) is 83.8 cm³/mol. The smallest absolute Gasteiger partial charge is 0.124 e. The molecule has 4 heteroatoms. The van der Waals surface area contributed by atoms with Crippen LogP contribution in [0.4, 0.5) is 0 Å². The number of likely N-dealkylation sites (N-methyl/N-ethyl adjacent to an activating group) is 1. The average molecular weight is 290 g/mol. The van der Waals surface area contributed by atoms with Crippen molar-refractivity contribution >= 4 is 0 Å². The van der Waals surface area contributed by atoms with Crippen molar-refractivity contribution in [2.75, 3.05) is 39.8 Å². The molecule has 0 radical (unpaired) electrons. The number of aliphatic hydroxyl groups excluding tert-OH is 1. The zero-order valence-electron chi connectivity index (χ0n) is 13.2. The van der Waals surface area contributed by atoms with Gasteiger partial charge in [0, 0.05) is 31.7 Å². The van der Waals surface area contributed by atoms with Crippen LogP contribution in [0, 0.1) is 0 Å². The van der Waals surface area contributed by atoms with Crippen LogP contribution in [0.3, 0.4) is 0 Å². The standard InChI is InChI=1S/C17H26N2O2/c1-12(2)13-4-5-16-14(10-13)17(15(20)11-21-16)19-8-6-18(3)7-9-19/h4-5,10,12,15,17,20H,6-9,11H2,1-3H3. The predicted octanol–water partition coefficient (Wildman–Crippen LogP) is 1.85. The van der Waals surface area contributed by atoms with Crippen LogP contribution in [0.1, 0.15) is 36.9 Å². The van der Waals surface area contributed by atoms with Gasteiger partial charge in [-0.15, -0.1) is 0 Å². The molecular formula is C17H26N2O2. The van der Waals surface area contributed by atoms with Crippen LogP contribution in [-0.2, 0) is 0 Å². The quantitative estimate of drug-likeness (QED) is 0.902. The summed E-state index contributed by atoms with van der Waals surface area (Å²) in [5, 5.41) is 10.5. The highest BCUT2D eigenvalue weighted by Gasteiger charge is 2.35. The second kappa shape index (κ2) is 5.95. The minimum atomic E-state index is -0.441. The molecule has 1 saturated heterocycles. The molecule has 0 spiro atoms. The summed E-state index contributed by atoms with van der Waals surface area (Å²) in [7, 11) is 2.16. The van der Waals surface area contributed by atoms with Crippen molar-refractivity contribution in [2.24, 2.45) is 0 Å². The molecule has 2 atom stereocenters. The number of benzene rings is 1. The van der Waals surface area contributed by atoms with Gasteiger partial charge in [-0.1, -0.05) is 26.0 Å². The topological polar surface area (TPSA) is 35.9 Å². The van der Waals surface area contributed by atoms with Crippen molar-refractivity contribution < 1.29 is 9.84 Å². The molecule has 0 saturated carbocycles. The van der Waals surface area contributed by atoms with E-state index in [9.17, 15) is 5.11 Å². The first-order chi connectivity index (χ1) is 10.1. The van der Waals surface area contributed by atoms with E-state index >= 15 is 0 Å². The minimum Gasteiger partial charge on any atom is -0.490 e. The Hall–Kier alpha value is -1.10. The third kappa shape index (κ3) is 2.93. The second-order valence-electron chi connectivity index (χ2n) is 6.61. The van der Waals surface area contributed by atoms with Crippen LogP contribution < -0.4 is 4.74 Å². The van der Waals surface area contributed by atoms with Crippen LogP contribution in [-0.4, -0.2) is 60.8 Å². The van der Waals surface area contributed by atoms with E-state index in [1.807, 2.05) is 0 Å². The highest BCUT2D eigenvalue weighted by atomic mass is 16.5. The van der Waals surface area contributed by atoms with Gasteiger partial charge in [-0.2, -0.15) is 0 Å². The lowest BCUT2D eigenvalue weighted by Crippen LogP contribution is -2.50. The molecule has 21 heavy (non-hydrogen) atoms. The normalized spacial score (nSPS) is 27.5. The first-order valence-electron chi connectivity index (χ1n) is 7.93. The Kier molecular flexibility index (Phi) is 4.20. The Morgan fingerprint density at radius 1 is 1.19 bits per heavy atom. The van der Waals surface area contributed by atoms with Crippen molar-refractivity contribution in [3.63, 3.8) is 0 Å². The third-order valence-corrected chi connectivity index (χ3v) is 4.72. The molecule has 0 bridgehead atoms. The number of hydrogen-bond acceptors (Lipinski definition) is 4. The summed E-state index contributed by atoms with van der Waals surface area (Å²) >= 11 is 0. The summed E-state index contributed by atoms with van der Waals surface area (Å²) in [5.74, 6) is 1.43. The fourth-order valence-corrected chi connectivity index (χ4v) is 3.30. The number of piperazine rings is 1. The lowest BCUT2D eigenvalue weighted by Gasteiger charge is -2.42. The molecule has 4 nitrogen and oxygen atoms in total. The van der Waals surface area contributed by atoms with Crippen LogP contribution in [0.5, 0.6) is 5.75 Å². The van der Waals surface area contributed by atoms with Gasteiger partial charge in [0.05, 0.1) is 6.04 Å². The molecule has 2 unspecified atom stereocenters. The van der Waals surface area contributed by atoms with Gasteiger partial charge in [0.1, 0.15) is 18.5 Å². The number of ether oxygens (including phenoxy) is 1. The third-order valence-electron chi connectivity index (χ3n) is 4.72. The maximum absolute atomic E-state index is 10.5. The maximum Gasteiger partial charge on any atom is 0.124 e. The summed E-state index contributed by atoms with van der Waals surface area (Å²) in [4.78, 5) is 4.75. The molecule has 1 fully saturated rings. The fourth-order valence-electron chi connectivity index (χ4n) is 3.30. The zero-order valence-corrected chi connectivity index (χ0v) is 13.2. The van der Waals surface area contributed by atoms with E-state index in [4.69, 9.17) is 4.74 Å². The Morgan fingerprint density at radius 3 is 2.57 bits per heavy atom. The molecule has 1 aromatic rings. The Balaban J connectivity index is 1.92. The lowest BCUT2D eigenvalue weighted by molar-refractivity contribution is -0.0153. The largest absolute Gasteiger partial charge is 0.490 e. The first-order valence-corrected chi connectivity index (χ1v) is 7.93. The molecule has 2 aliphatic heterocycles. The van der Waals surface area contributed by atoms with Gasteiger partial charge in [-0.3, -0.25) is 4.90 Å². The van der Waals surface area contributed by atoms with Crippen LogP contribution in [0.15, 0.2) is 18.2 Å². The molecule has 0 aromatic heterocycles. The minimum absolute atomic E-state index is 0.0705. The van der Waals surface area contributed by atoms with Crippen molar-refractivity contribution in [1.29, 1.82) is 0 Å². The van der Waals surface area contributed by atoms with Gasteiger partial charge in [0.2, 0.25) is 0 Å². The highest BCUT2D eigenvalue weighted by Crippen LogP contribution is 2.38. The fraction of sp³-hybridized carbons (Fsp3) is 0.647. The highest BCUT2D eigenvalue weighted by molar-refractivity contribution is 5.42. The van der Waals surface area contributed by atoms with Crippen molar-refractivity contribution in [1.82, 2.24) is 9.80 Å². The van der Waals surface area contributed by atoms with Gasteiger partial charge >= 0.3 is 0 Å². The summed E-state index contributed by atoms with van der Waals surface area (Å²) in [6.45, 7) is 8.92. The maximum atomic E-state index is 10.5. The van der Waals surface area contributed by atoms with Crippen LogP contribution in [0.25, 0.3) is 0 Å². The Bertz CT molecular complexity index is 496. The number of rotatable bonds is 2. The number of hydrogen-bond donors (Lipinski definition) is 1. The second-order valence-corrected chi connectivity index (χ2v) is 6.61. The summed E-state index contributed by atoms with van der Waals surface area (Å²) in [6.07, 6.45) is -0.441. The lowest BCUT2D eigenvalue weighted by atomic mass is 9.91. The molecule has 0 amide bonds.